The van der Waals surface area contributed by atoms with Crippen molar-refractivity contribution in [3.8, 4) is 0 Å². The normalized spacial score (nSPS) is 18.3. The van der Waals surface area contributed by atoms with Gasteiger partial charge in [-0.15, -0.1) is 0 Å². The van der Waals surface area contributed by atoms with Crippen molar-refractivity contribution in [1.82, 2.24) is 0 Å². The number of hydrogen-bond acceptors (Lipinski definition) is 2. The lowest BCUT2D eigenvalue weighted by molar-refractivity contribution is 0.287. The first-order valence-corrected chi connectivity index (χ1v) is 5.77. The van der Waals surface area contributed by atoms with Crippen LogP contribution in [0.1, 0.15) is 24.8 Å². The highest BCUT2D eigenvalue weighted by Crippen LogP contribution is 2.35. The van der Waals surface area contributed by atoms with Crippen molar-refractivity contribution in [1.29, 1.82) is 0 Å². The lowest BCUT2D eigenvalue weighted by Gasteiger charge is -2.42. The second kappa shape index (κ2) is 4.03. The van der Waals surface area contributed by atoms with Gasteiger partial charge in [-0.3, -0.25) is 0 Å². The molecule has 1 aromatic rings. The van der Waals surface area contributed by atoms with Crippen LogP contribution in [0.5, 0.6) is 0 Å². The van der Waals surface area contributed by atoms with Gasteiger partial charge in [0.05, 0.1) is 0 Å². The highest BCUT2D eigenvalue weighted by molar-refractivity contribution is 6.31. The first kappa shape index (κ1) is 10.8. The predicted molar refractivity (Wildman–Crippen MR) is 65.4 cm³/mol. The van der Waals surface area contributed by atoms with E-state index in [2.05, 4.69) is 11.4 Å². The first-order chi connectivity index (χ1) is 7.15. The molecule has 0 aromatic heterocycles. The lowest BCUT2D eigenvalue weighted by atomic mass is 9.76. The zero-order valence-corrected chi connectivity index (χ0v) is 9.77. The van der Waals surface area contributed by atoms with E-state index in [1.54, 1.807) is 0 Å². The van der Waals surface area contributed by atoms with Crippen LogP contribution in [-0.4, -0.2) is 12.1 Å². The molecule has 15 heavy (non-hydrogen) atoms. The van der Waals surface area contributed by atoms with Crippen molar-refractivity contribution in [3.05, 3.63) is 28.8 Å². The van der Waals surface area contributed by atoms with Gasteiger partial charge >= 0.3 is 0 Å². The van der Waals surface area contributed by atoms with Crippen molar-refractivity contribution in [3.63, 3.8) is 0 Å². The molecule has 0 bridgehead atoms. The Kier molecular flexibility index (Phi) is 2.89. The minimum absolute atomic E-state index is 0.124. The quantitative estimate of drug-likeness (QED) is 0.829. The zero-order chi connectivity index (χ0) is 10.9. The third kappa shape index (κ3) is 2.11. The molecule has 1 aliphatic carbocycles. The van der Waals surface area contributed by atoms with Crippen LogP contribution in [0.2, 0.25) is 5.02 Å². The van der Waals surface area contributed by atoms with Crippen LogP contribution in [0.15, 0.2) is 18.2 Å². The molecule has 0 heterocycles. The van der Waals surface area contributed by atoms with Gasteiger partial charge in [-0.1, -0.05) is 17.7 Å². The maximum Gasteiger partial charge on any atom is 0.0495 e. The van der Waals surface area contributed by atoms with Gasteiger partial charge in [0.15, 0.2) is 0 Å². The Morgan fingerprint density at radius 2 is 2.20 bits per heavy atom. The molecule has 0 atom stereocenters. The molecule has 0 amide bonds. The predicted octanol–water partition coefficient (Wildman–Crippen LogP) is 2.94. The highest BCUT2D eigenvalue weighted by Gasteiger charge is 2.35. The standard InChI is InChI=1S/C12H17ClN2/c1-9-3-4-10(7-11(9)13)15-12(8-14)5-2-6-12/h3-4,7,15H,2,5-6,8,14H2,1H3. The summed E-state index contributed by atoms with van der Waals surface area (Å²) in [6, 6.07) is 6.08. The van der Waals surface area contributed by atoms with Gasteiger partial charge in [0.25, 0.3) is 0 Å². The van der Waals surface area contributed by atoms with Crippen molar-refractivity contribution < 1.29 is 0 Å². The van der Waals surface area contributed by atoms with Crippen molar-refractivity contribution >= 4 is 17.3 Å². The van der Waals surface area contributed by atoms with Gasteiger partial charge in [-0.05, 0) is 43.9 Å². The minimum atomic E-state index is 0.124. The van der Waals surface area contributed by atoms with Crippen LogP contribution < -0.4 is 11.1 Å². The average molecular weight is 225 g/mol. The molecule has 3 heteroatoms. The van der Waals surface area contributed by atoms with Crippen LogP contribution in [-0.2, 0) is 0 Å². The Hall–Kier alpha value is -0.730. The maximum absolute atomic E-state index is 6.08. The molecule has 2 rings (SSSR count). The summed E-state index contributed by atoms with van der Waals surface area (Å²) in [4.78, 5) is 0. The molecule has 3 N–H and O–H groups in total. The lowest BCUT2D eigenvalue weighted by Crippen LogP contribution is -2.51. The number of nitrogens with two attached hydrogens (primary N) is 1. The topological polar surface area (TPSA) is 38.0 Å². The summed E-state index contributed by atoms with van der Waals surface area (Å²) in [5.41, 5.74) is 8.10. The van der Waals surface area contributed by atoms with Gasteiger partial charge < -0.3 is 11.1 Å². The Labute approximate surface area is 95.8 Å². The molecule has 2 nitrogen and oxygen atoms in total. The SMILES string of the molecule is Cc1ccc(NC2(CN)CCC2)cc1Cl. The Balaban J connectivity index is 2.13. The Morgan fingerprint density at radius 3 is 2.67 bits per heavy atom. The van der Waals surface area contributed by atoms with Crippen molar-refractivity contribution in [2.24, 2.45) is 5.73 Å². The third-order valence-electron chi connectivity index (χ3n) is 3.28. The van der Waals surface area contributed by atoms with E-state index < -0.39 is 0 Å². The molecule has 1 aromatic carbocycles. The minimum Gasteiger partial charge on any atom is -0.378 e. The van der Waals surface area contributed by atoms with Crippen LogP contribution in [0.25, 0.3) is 0 Å². The fourth-order valence-corrected chi connectivity index (χ4v) is 2.14. The van der Waals surface area contributed by atoms with E-state index in [1.165, 1.54) is 6.42 Å². The first-order valence-electron chi connectivity index (χ1n) is 5.40. The molecule has 0 aliphatic heterocycles. The summed E-state index contributed by atoms with van der Waals surface area (Å²) in [5.74, 6) is 0. The van der Waals surface area contributed by atoms with E-state index in [-0.39, 0.29) is 5.54 Å². The van der Waals surface area contributed by atoms with E-state index in [1.807, 2.05) is 19.1 Å². The van der Waals surface area contributed by atoms with Crippen molar-refractivity contribution in [2.75, 3.05) is 11.9 Å². The third-order valence-corrected chi connectivity index (χ3v) is 3.69. The molecule has 0 spiro atoms. The number of halogens is 1. The maximum atomic E-state index is 6.08. The summed E-state index contributed by atoms with van der Waals surface area (Å²) >= 11 is 6.08. The second-order valence-electron chi connectivity index (χ2n) is 4.43. The molecular weight excluding hydrogens is 208 g/mol. The van der Waals surface area contributed by atoms with Gasteiger partial charge in [-0.25, -0.2) is 0 Å². The van der Waals surface area contributed by atoms with Crippen molar-refractivity contribution in [2.45, 2.75) is 31.7 Å². The molecule has 82 valence electrons. The van der Waals surface area contributed by atoms with E-state index in [0.29, 0.717) is 6.54 Å². The smallest absolute Gasteiger partial charge is 0.0495 e. The van der Waals surface area contributed by atoms with Gasteiger partial charge in [0, 0.05) is 22.8 Å². The molecule has 1 saturated carbocycles. The molecule has 0 saturated heterocycles. The van der Waals surface area contributed by atoms with Crippen LogP contribution in [0, 0.1) is 6.92 Å². The molecule has 0 unspecified atom stereocenters. The summed E-state index contributed by atoms with van der Waals surface area (Å²) < 4.78 is 0. The highest BCUT2D eigenvalue weighted by atomic mass is 35.5. The number of nitrogens with one attached hydrogen (secondary N) is 1. The van der Waals surface area contributed by atoms with Crippen LogP contribution in [0.3, 0.4) is 0 Å². The molecule has 1 fully saturated rings. The van der Waals surface area contributed by atoms with Crippen LogP contribution in [0.4, 0.5) is 5.69 Å². The summed E-state index contributed by atoms with van der Waals surface area (Å²) in [7, 11) is 0. The largest absolute Gasteiger partial charge is 0.378 e. The number of hydrogen-bond donors (Lipinski definition) is 2. The fourth-order valence-electron chi connectivity index (χ4n) is 1.96. The number of rotatable bonds is 3. The fraction of sp³-hybridized carbons (Fsp3) is 0.500. The summed E-state index contributed by atoms with van der Waals surface area (Å²) in [6.45, 7) is 2.70. The second-order valence-corrected chi connectivity index (χ2v) is 4.83. The van der Waals surface area contributed by atoms with E-state index >= 15 is 0 Å². The summed E-state index contributed by atoms with van der Waals surface area (Å²) in [5, 5.41) is 4.31. The summed E-state index contributed by atoms with van der Waals surface area (Å²) in [6.07, 6.45) is 3.59. The number of aryl methyl sites for hydroxylation is 1. The number of anilines is 1. The average Bonchev–Trinajstić information content (AvgIpc) is 2.17. The van der Waals surface area contributed by atoms with Gasteiger partial charge in [-0.2, -0.15) is 0 Å². The molecular formula is C12H17ClN2. The van der Waals surface area contributed by atoms with E-state index in [4.69, 9.17) is 17.3 Å². The number of benzene rings is 1. The Bertz CT molecular complexity index is 353. The van der Waals surface area contributed by atoms with E-state index in [9.17, 15) is 0 Å². The monoisotopic (exact) mass is 224 g/mol. The van der Waals surface area contributed by atoms with Crippen LogP contribution >= 0.6 is 11.6 Å². The zero-order valence-electron chi connectivity index (χ0n) is 9.02. The van der Waals surface area contributed by atoms with Gasteiger partial charge in [0.2, 0.25) is 0 Å². The van der Waals surface area contributed by atoms with E-state index in [0.717, 1.165) is 29.1 Å². The molecule has 1 aliphatic rings. The van der Waals surface area contributed by atoms with Gasteiger partial charge in [0.1, 0.15) is 0 Å². The molecule has 0 radical (unpaired) electrons. The Morgan fingerprint density at radius 1 is 1.47 bits per heavy atom.